The summed E-state index contributed by atoms with van der Waals surface area (Å²) in [5.74, 6) is 0.272. The summed E-state index contributed by atoms with van der Waals surface area (Å²) in [6.45, 7) is 6.13. The molecule has 6 nitrogen and oxygen atoms in total. The molecule has 0 fully saturated rings. The van der Waals surface area contributed by atoms with Crippen molar-refractivity contribution in [2.75, 3.05) is 11.9 Å². The molecule has 1 aromatic heterocycles. The summed E-state index contributed by atoms with van der Waals surface area (Å²) >= 11 is 1.60. The predicted octanol–water partition coefficient (Wildman–Crippen LogP) is 3.93. The first-order chi connectivity index (χ1) is 10.0. The van der Waals surface area contributed by atoms with E-state index in [-0.39, 0.29) is 17.5 Å². The number of rotatable bonds is 6. The van der Waals surface area contributed by atoms with Gasteiger partial charge in [-0.3, -0.25) is 10.1 Å². The van der Waals surface area contributed by atoms with Gasteiger partial charge in [-0.25, -0.2) is 4.98 Å². The Kier molecular flexibility index (Phi) is 4.74. The van der Waals surface area contributed by atoms with Crippen molar-refractivity contribution in [1.82, 2.24) is 4.98 Å². The van der Waals surface area contributed by atoms with E-state index in [1.165, 1.54) is 6.07 Å². The van der Waals surface area contributed by atoms with Crippen LogP contribution < -0.4 is 10.1 Å². The van der Waals surface area contributed by atoms with E-state index >= 15 is 0 Å². The van der Waals surface area contributed by atoms with Gasteiger partial charge in [-0.1, -0.05) is 0 Å². The molecule has 0 bridgehead atoms. The Morgan fingerprint density at radius 2 is 2.29 bits per heavy atom. The minimum absolute atomic E-state index is 0.0193. The van der Waals surface area contributed by atoms with E-state index in [0.717, 1.165) is 16.4 Å². The van der Waals surface area contributed by atoms with E-state index in [0.29, 0.717) is 6.61 Å². The number of nitrogens with one attached hydrogen (secondary N) is 1. The summed E-state index contributed by atoms with van der Waals surface area (Å²) in [6, 6.07) is 4.80. The van der Waals surface area contributed by atoms with Crippen LogP contribution in [0.25, 0.3) is 0 Å². The molecule has 112 valence electrons. The van der Waals surface area contributed by atoms with Crippen LogP contribution in [0.1, 0.15) is 30.6 Å². The molecule has 1 atom stereocenters. The van der Waals surface area contributed by atoms with Gasteiger partial charge in [-0.15, -0.1) is 11.3 Å². The monoisotopic (exact) mass is 307 g/mol. The number of thiazole rings is 1. The average Bonchev–Trinajstić information content (AvgIpc) is 2.86. The van der Waals surface area contributed by atoms with Gasteiger partial charge >= 0.3 is 5.69 Å². The minimum atomic E-state index is -0.442. The number of hydrogen-bond acceptors (Lipinski definition) is 6. The highest BCUT2D eigenvalue weighted by Gasteiger charge is 2.16. The van der Waals surface area contributed by atoms with Gasteiger partial charge in [0.25, 0.3) is 0 Å². The molecule has 0 aliphatic carbocycles. The number of aromatic nitrogens is 1. The van der Waals surface area contributed by atoms with Gasteiger partial charge in [0.2, 0.25) is 0 Å². The molecule has 0 aliphatic rings. The molecule has 0 saturated carbocycles. The Morgan fingerprint density at radius 1 is 1.52 bits per heavy atom. The summed E-state index contributed by atoms with van der Waals surface area (Å²) in [7, 11) is 0. The topological polar surface area (TPSA) is 77.3 Å². The normalized spacial score (nSPS) is 12.0. The van der Waals surface area contributed by atoms with E-state index in [1.807, 2.05) is 19.2 Å². The second-order valence-corrected chi connectivity index (χ2v) is 5.59. The largest absolute Gasteiger partial charge is 0.487 e. The maximum absolute atomic E-state index is 11.0. The van der Waals surface area contributed by atoms with Crippen molar-refractivity contribution in [1.29, 1.82) is 0 Å². The number of nitrogens with zero attached hydrogens (tertiary/aromatic N) is 2. The van der Waals surface area contributed by atoms with E-state index in [1.54, 1.807) is 30.4 Å². The van der Waals surface area contributed by atoms with E-state index in [2.05, 4.69) is 10.3 Å². The molecule has 7 heteroatoms. The summed E-state index contributed by atoms with van der Waals surface area (Å²) in [5, 5.41) is 17.2. The lowest BCUT2D eigenvalue weighted by atomic mass is 10.2. The molecular formula is C14H17N3O3S. The average molecular weight is 307 g/mol. The second kappa shape index (κ2) is 6.53. The molecule has 1 heterocycles. The lowest BCUT2D eigenvalue weighted by molar-refractivity contribution is -0.385. The third kappa shape index (κ3) is 3.69. The van der Waals surface area contributed by atoms with Gasteiger partial charge in [-0.05, 0) is 26.8 Å². The zero-order valence-electron chi connectivity index (χ0n) is 12.1. The Balaban J connectivity index is 2.20. The lowest BCUT2D eigenvalue weighted by Crippen LogP contribution is -2.07. The molecule has 0 spiro atoms. The lowest BCUT2D eigenvalue weighted by Gasteiger charge is -2.14. The van der Waals surface area contributed by atoms with Gasteiger partial charge in [0.1, 0.15) is 0 Å². The molecule has 1 N–H and O–H groups in total. The summed E-state index contributed by atoms with van der Waals surface area (Å²) < 4.78 is 5.34. The first-order valence-electron chi connectivity index (χ1n) is 6.61. The van der Waals surface area contributed by atoms with E-state index in [4.69, 9.17) is 4.74 Å². The van der Waals surface area contributed by atoms with Crippen molar-refractivity contribution >= 4 is 22.7 Å². The van der Waals surface area contributed by atoms with Crippen molar-refractivity contribution in [3.63, 3.8) is 0 Å². The van der Waals surface area contributed by atoms with Crippen LogP contribution in [0.15, 0.2) is 23.6 Å². The predicted molar refractivity (Wildman–Crippen MR) is 83.2 cm³/mol. The molecule has 0 radical (unpaired) electrons. The summed E-state index contributed by atoms with van der Waals surface area (Å²) in [4.78, 5) is 14.9. The fourth-order valence-corrected chi connectivity index (χ4v) is 2.64. The molecule has 2 rings (SSSR count). The quantitative estimate of drug-likeness (QED) is 0.646. The standard InChI is InChI=1S/C14H17N3O3S/c1-4-20-14-7-11(5-6-13(14)17(18)19)15-9(2)12-8-21-10(3)16-12/h5-9,15H,4H2,1-3H3. The molecule has 0 amide bonds. The highest BCUT2D eigenvalue weighted by molar-refractivity contribution is 7.09. The van der Waals surface area contributed by atoms with Gasteiger partial charge in [0, 0.05) is 23.2 Å². The number of ether oxygens (including phenoxy) is 1. The van der Waals surface area contributed by atoms with Crippen molar-refractivity contribution < 1.29 is 9.66 Å². The van der Waals surface area contributed by atoms with Crippen molar-refractivity contribution in [3.05, 3.63) is 44.4 Å². The number of nitro benzene ring substituents is 1. The van der Waals surface area contributed by atoms with Crippen LogP contribution in [0.2, 0.25) is 0 Å². The van der Waals surface area contributed by atoms with Crippen LogP contribution in [0.5, 0.6) is 5.75 Å². The fraction of sp³-hybridized carbons (Fsp3) is 0.357. The third-order valence-electron chi connectivity index (χ3n) is 2.92. The Hall–Kier alpha value is -2.15. The van der Waals surface area contributed by atoms with Crippen molar-refractivity contribution in [2.45, 2.75) is 26.8 Å². The van der Waals surface area contributed by atoms with Crippen LogP contribution in [0.3, 0.4) is 0 Å². The zero-order chi connectivity index (χ0) is 15.4. The third-order valence-corrected chi connectivity index (χ3v) is 3.71. The number of nitro groups is 1. The van der Waals surface area contributed by atoms with Crippen LogP contribution in [-0.4, -0.2) is 16.5 Å². The molecule has 0 aliphatic heterocycles. The highest BCUT2D eigenvalue weighted by atomic mass is 32.1. The maximum Gasteiger partial charge on any atom is 0.311 e. The summed E-state index contributed by atoms with van der Waals surface area (Å²) in [6.07, 6.45) is 0. The molecule has 1 aromatic carbocycles. The smallest absolute Gasteiger partial charge is 0.311 e. The molecule has 1 unspecified atom stereocenters. The van der Waals surface area contributed by atoms with Crippen LogP contribution in [-0.2, 0) is 0 Å². The van der Waals surface area contributed by atoms with Crippen LogP contribution in [0.4, 0.5) is 11.4 Å². The van der Waals surface area contributed by atoms with Gasteiger partial charge in [0.05, 0.1) is 28.3 Å². The fourth-order valence-electron chi connectivity index (χ4n) is 1.93. The van der Waals surface area contributed by atoms with Gasteiger partial charge < -0.3 is 10.1 Å². The number of hydrogen-bond donors (Lipinski definition) is 1. The first-order valence-corrected chi connectivity index (χ1v) is 7.49. The highest BCUT2D eigenvalue weighted by Crippen LogP contribution is 2.31. The maximum atomic E-state index is 11.0. The van der Waals surface area contributed by atoms with E-state index < -0.39 is 4.92 Å². The van der Waals surface area contributed by atoms with E-state index in [9.17, 15) is 10.1 Å². The molecule has 21 heavy (non-hydrogen) atoms. The molecular weight excluding hydrogens is 290 g/mol. The van der Waals surface area contributed by atoms with Crippen molar-refractivity contribution in [3.8, 4) is 5.75 Å². The van der Waals surface area contributed by atoms with Gasteiger partial charge in [-0.2, -0.15) is 0 Å². The minimum Gasteiger partial charge on any atom is -0.487 e. The molecule has 0 saturated heterocycles. The second-order valence-electron chi connectivity index (χ2n) is 4.53. The zero-order valence-corrected chi connectivity index (χ0v) is 12.9. The number of aryl methyl sites for hydroxylation is 1. The van der Waals surface area contributed by atoms with Crippen molar-refractivity contribution in [2.24, 2.45) is 0 Å². The summed E-state index contributed by atoms with van der Waals surface area (Å²) in [5.41, 5.74) is 1.69. The Morgan fingerprint density at radius 3 is 2.86 bits per heavy atom. The Bertz CT molecular complexity index is 642. The van der Waals surface area contributed by atoms with Crippen LogP contribution >= 0.6 is 11.3 Å². The number of benzene rings is 1. The first kappa shape index (κ1) is 15.2. The SMILES string of the molecule is CCOc1cc(NC(C)c2csc(C)n2)ccc1[N+](=O)[O-]. The Labute approximate surface area is 126 Å². The molecule has 2 aromatic rings. The van der Waals surface area contributed by atoms with Crippen LogP contribution in [0, 0.1) is 17.0 Å². The number of anilines is 1. The van der Waals surface area contributed by atoms with Gasteiger partial charge in [0.15, 0.2) is 5.75 Å².